The number of nitrogens with one attached hydrogen (secondary N) is 5. The number of carbonyl (C=O) groups is 6. The van der Waals surface area contributed by atoms with Gasteiger partial charge in [-0.1, -0.05) is 133 Å². The smallest absolute Gasteiger partial charge is 0.326 e. The number of ether oxygens (including phenoxy) is 1. The van der Waals surface area contributed by atoms with E-state index in [1.54, 1.807) is 78.9 Å². The van der Waals surface area contributed by atoms with E-state index < -0.39 is 72.3 Å². The van der Waals surface area contributed by atoms with Crippen LogP contribution < -0.4 is 31.3 Å². The number of carbonyl (C=O) groups excluding carboxylic acids is 5. The van der Waals surface area contributed by atoms with Gasteiger partial charge in [0.1, 0.15) is 36.0 Å². The van der Waals surface area contributed by atoms with Crippen LogP contribution in [0.5, 0.6) is 5.75 Å². The summed E-state index contributed by atoms with van der Waals surface area (Å²) in [5.74, 6) is -4.28. The molecule has 6 aromatic rings. The molecule has 0 unspecified atom stereocenters. The van der Waals surface area contributed by atoms with E-state index in [1.165, 1.54) is 11.3 Å². The van der Waals surface area contributed by atoms with Crippen molar-refractivity contribution in [2.24, 2.45) is 0 Å². The van der Waals surface area contributed by atoms with Gasteiger partial charge in [-0.3, -0.25) is 24.0 Å². The maximum atomic E-state index is 14.7. The minimum absolute atomic E-state index is 0.00798. The molecule has 2 aliphatic rings. The third kappa shape index (κ3) is 13.2. The molecule has 5 amide bonds. The fraction of sp³-hybridized carbons (Fsp3) is 0.216. The molecular formula is C51H49N5O8S. The molecule has 0 saturated heterocycles. The van der Waals surface area contributed by atoms with Gasteiger partial charge in [-0.25, -0.2) is 4.79 Å². The number of amides is 5. The lowest BCUT2D eigenvalue weighted by Gasteiger charge is -2.27. The average Bonchev–Trinajstić information content (AvgIpc) is 3.84. The van der Waals surface area contributed by atoms with Crippen LogP contribution >= 0.6 is 11.3 Å². The van der Waals surface area contributed by atoms with E-state index in [0.29, 0.717) is 28.0 Å². The summed E-state index contributed by atoms with van der Waals surface area (Å²) in [5, 5.41) is 26.0. The van der Waals surface area contributed by atoms with Crippen molar-refractivity contribution in [2.45, 2.75) is 62.3 Å². The van der Waals surface area contributed by atoms with Crippen LogP contribution in [0.1, 0.15) is 27.1 Å². The highest BCUT2D eigenvalue weighted by Crippen LogP contribution is 2.21. The molecule has 14 heteroatoms. The van der Waals surface area contributed by atoms with Crippen LogP contribution in [-0.4, -0.2) is 77.4 Å². The molecule has 13 nitrogen and oxygen atoms in total. The number of fused-ring (bicyclic) bond motifs is 16. The first kappa shape index (κ1) is 45.4. The van der Waals surface area contributed by atoms with Gasteiger partial charge in [0.2, 0.25) is 23.6 Å². The maximum Gasteiger partial charge on any atom is 0.326 e. The molecule has 1 aromatic heterocycles. The molecular weight excluding hydrogens is 843 g/mol. The third-order valence-electron chi connectivity index (χ3n) is 10.9. The largest absolute Gasteiger partial charge is 0.484 e. The van der Waals surface area contributed by atoms with Crippen molar-refractivity contribution < 1.29 is 38.6 Å². The Morgan fingerprint density at radius 1 is 0.600 bits per heavy atom. The van der Waals surface area contributed by atoms with E-state index in [0.717, 1.165) is 16.0 Å². The van der Waals surface area contributed by atoms with Gasteiger partial charge in [-0.05, 0) is 57.0 Å². The molecule has 5 aromatic carbocycles. The van der Waals surface area contributed by atoms with Gasteiger partial charge < -0.3 is 36.4 Å². The summed E-state index contributed by atoms with van der Waals surface area (Å²) in [6.45, 7) is -0.425. The maximum absolute atomic E-state index is 14.7. The van der Waals surface area contributed by atoms with Gasteiger partial charge in [0, 0.05) is 37.0 Å². The minimum Gasteiger partial charge on any atom is -0.484 e. The van der Waals surface area contributed by atoms with E-state index in [2.05, 4.69) is 26.6 Å². The Hall–Kier alpha value is -7.58. The molecule has 0 aliphatic carbocycles. The second-order valence-corrected chi connectivity index (χ2v) is 16.8. The van der Waals surface area contributed by atoms with Crippen LogP contribution in [0.4, 0.5) is 0 Å². The first-order chi connectivity index (χ1) is 31.6. The lowest BCUT2D eigenvalue weighted by molar-refractivity contribution is -0.142. The highest BCUT2D eigenvalue weighted by Gasteiger charge is 2.33. The van der Waals surface area contributed by atoms with Gasteiger partial charge >= 0.3 is 5.97 Å². The zero-order valence-corrected chi connectivity index (χ0v) is 36.2. The number of carboxylic acid groups (broad SMARTS) is 1. The highest BCUT2D eigenvalue weighted by atomic mass is 32.1. The Morgan fingerprint density at radius 2 is 1.14 bits per heavy atom. The van der Waals surface area contributed by atoms with Crippen LogP contribution in [0.3, 0.4) is 0 Å². The van der Waals surface area contributed by atoms with Crippen molar-refractivity contribution in [1.29, 1.82) is 0 Å². The number of rotatable bonds is 12. The summed E-state index contributed by atoms with van der Waals surface area (Å²) in [6.07, 6.45) is 0.0933. The summed E-state index contributed by atoms with van der Waals surface area (Å²) in [7, 11) is 0. The van der Waals surface area contributed by atoms with E-state index in [4.69, 9.17) is 4.74 Å². The summed E-state index contributed by atoms with van der Waals surface area (Å²) < 4.78 is 5.79. The van der Waals surface area contributed by atoms with Crippen LogP contribution in [0.15, 0.2) is 157 Å². The molecule has 0 fully saturated rings. The number of aliphatic carboxylic acids is 1. The second-order valence-electron chi connectivity index (χ2n) is 15.8. The predicted octanol–water partition coefficient (Wildman–Crippen LogP) is 4.83. The molecule has 0 radical (unpaired) electrons. The molecule has 6 N–H and O–H groups in total. The van der Waals surface area contributed by atoms with Crippen molar-refractivity contribution in [3.8, 4) is 16.9 Å². The number of hydrogen-bond donors (Lipinski definition) is 6. The van der Waals surface area contributed by atoms with E-state index >= 15 is 0 Å². The summed E-state index contributed by atoms with van der Waals surface area (Å²) >= 11 is 1.42. The van der Waals surface area contributed by atoms with Gasteiger partial charge in [0.25, 0.3) is 5.91 Å². The Kier molecular flexibility index (Phi) is 15.5. The molecule has 332 valence electrons. The number of thiophene rings is 1. The fourth-order valence-electron chi connectivity index (χ4n) is 7.50. The zero-order valence-electron chi connectivity index (χ0n) is 35.4. The number of hydrogen-bond acceptors (Lipinski definition) is 8. The van der Waals surface area contributed by atoms with E-state index in [9.17, 15) is 33.9 Å². The quantitative estimate of drug-likeness (QED) is 0.0942. The van der Waals surface area contributed by atoms with Crippen LogP contribution in [0.2, 0.25) is 0 Å². The van der Waals surface area contributed by atoms with Crippen LogP contribution in [0, 0.1) is 0 Å². The first-order valence-electron chi connectivity index (χ1n) is 21.3. The fourth-order valence-corrected chi connectivity index (χ4v) is 8.25. The van der Waals surface area contributed by atoms with Gasteiger partial charge in [-0.2, -0.15) is 0 Å². The number of benzene rings is 5. The molecule has 65 heavy (non-hydrogen) atoms. The number of carboxylic acids is 1. The average molecular weight is 892 g/mol. The van der Waals surface area contributed by atoms with Gasteiger partial charge in [-0.15, -0.1) is 11.3 Å². The lowest BCUT2D eigenvalue weighted by Crippen LogP contribution is -2.60. The van der Waals surface area contributed by atoms with E-state index in [1.807, 2.05) is 78.2 Å². The van der Waals surface area contributed by atoms with Crippen molar-refractivity contribution >= 4 is 46.8 Å². The molecule has 0 spiro atoms. The summed E-state index contributed by atoms with van der Waals surface area (Å²) in [5.41, 5.74) is 4.64. The normalized spacial score (nSPS) is 18.8. The van der Waals surface area contributed by atoms with Crippen molar-refractivity contribution in [3.05, 3.63) is 184 Å². The monoisotopic (exact) mass is 891 g/mol. The molecule has 2 aliphatic heterocycles. The molecule has 0 saturated carbocycles. The zero-order chi connectivity index (χ0) is 45.5. The predicted molar refractivity (Wildman–Crippen MR) is 247 cm³/mol. The molecule has 3 heterocycles. The molecule has 5 atom stereocenters. The summed E-state index contributed by atoms with van der Waals surface area (Å²) in [4.78, 5) is 84.4. The van der Waals surface area contributed by atoms with E-state index in [-0.39, 0.29) is 32.1 Å². The Bertz CT molecular complexity index is 2540. The Labute approximate surface area is 380 Å². The van der Waals surface area contributed by atoms with Crippen LogP contribution in [0.25, 0.3) is 11.1 Å². The highest BCUT2D eigenvalue weighted by molar-refractivity contribution is 7.09. The Morgan fingerprint density at radius 3 is 1.72 bits per heavy atom. The van der Waals surface area contributed by atoms with Crippen molar-refractivity contribution in [1.82, 2.24) is 26.6 Å². The second kappa shape index (κ2) is 22.2. The minimum atomic E-state index is -1.32. The SMILES string of the molecule is O=C1COc2ccc(cc2)C[C@@H](C(=O)N[C@@H](Cc2ccccc2)C(=O)O)NC(=O)[C@H](Cc2ccccc2)NC(=O)[C@H](Cc2ccc(-c3ccccc3)cc2)NC(=O)[C@H](Cc2cccs2)N1. The third-order valence-corrected chi connectivity index (χ3v) is 11.8. The van der Waals surface area contributed by atoms with Gasteiger partial charge in [0.15, 0.2) is 6.61 Å². The lowest BCUT2D eigenvalue weighted by atomic mass is 9.99. The van der Waals surface area contributed by atoms with Gasteiger partial charge in [0.05, 0.1) is 0 Å². The molecule has 2 bridgehead atoms. The topological polar surface area (TPSA) is 192 Å². The van der Waals surface area contributed by atoms with Crippen molar-refractivity contribution in [2.75, 3.05) is 6.61 Å². The standard InChI is InChI=1S/C51H49N5O8S/c57-46-32-64-39-24-20-36(21-25-39)29-43(49(60)56-45(51(62)63)30-34-13-6-2-7-14-34)54-47(58)41(27-33-11-4-1-5-12-33)53-48(59)42(55-50(61)44(52-46)31-40-17-10-26-65-40)28-35-18-22-38(23-19-35)37-15-8-3-9-16-37/h1-26,41-45H,27-32H2,(H,52,57)(H,53,59)(H,54,58)(H,55,61)(H,56,60)(H,62,63)/t41-,42-,43-,44-,45-/m0/s1. The molecule has 8 rings (SSSR count). The Balaban J connectivity index is 1.22. The summed E-state index contributed by atoms with van der Waals surface area (Å²) in [6, 6.07) is 39.2. The van der Waals surface area contributed by atoms with Crippen molar-refractivity contribution in [3.63, 3.8) is 0 Å². The van der Waals surface area contributed by atoms with Crippen LogP contribution in [-0.2, 0) is 60.9 Å². The first-order valence-corrected chi connectivity index (χ1v) is 22.1.